The van der Waals surface area contributed by atoms with Gasteiger partial charge in [0.15, 0.2) is 0 Å². The van der Waals surface area contributed by atoms with Crippen molar-refractivity contribution >= 4 is 27.5 Å². The van der Waals surface area contributed by atoms with Crippen LogP contribution in [0.4, 0.5) is 5.69 Å². The summed E-state index contributed by atoms with van der Waals surface area (Å²) in [5.41, 5.74) is 1.14. The zero-order valence-electron chi connectivity index (χ0n) is 18.9. The van der Waals surface area contributed by atoms with Crippen LogP contribution in [0.25, 0.3) is 0 Å². The molecule has 0 aliphatic carbocycles. The van der Waals surface area contributed by atoms with Gasteiger partial charge in [0.25, 0.3) is 21.8 Å². The maximum Gasteiger partial charge on any atom is 0.264 e. The summed E-state index contributed by atoms with van der Waals surface area (Å²) >= 11 is 0. The third kappa shape index (κ3) is 4.16. The predicted molar refractivity (Wildman–Crippen MR) is 126 cm³/mol. The number of hydrogen-bond acceptors (Lipinski definition) is 6. The number of aromatic nitrogens is 1. The van der Waals surface area contributed by atoms with Crippen LogP contribution in [0, 0.1) is 11.3 Å². The van der Waals surface area contributed by atoms with E-state index in [1.165, 1.54) is 30.5 Å². The van der Waals surface area contributed by atoms with Crippen molar-refractivity contribution in [1.82, 2.24) is 9.88 Å². The third-order valence-electron chi connectivity index (χ3n) is 5.58. The van der Waals surface area contributed by atoms with E-state index in [-0.39, 0.29) is 39.2 Å². The quantitative estimate of drug-likeness (QED) is 0.561. The number of imide groups is 1. The number of rotatable bonds is 5. The van der Waals surface area contributed by atoms with Gasteiger partial charge in [-0.1, -0.05) is 39.0 Å². The number of fused-ring (bicyclic) bond motifs is 1. The van der Waals surface area contributed by atoms with Gasteiger partial charge in [0.1, 0.15) is 0 Å². The summed E-state index contributed by atoms with van der Waals surface area (Å²) in [5.74, 6) is -1.34. The van der Waals surface area contributed by atoms with Crippen LogP contribution >= 0.6 is 0 Å². The first-order chi connectivity index (χ1) is 16.0. The average molecular weight is 475 g/mol. The number of nitrogens with one attached hydrogen (secondary N) is 1. The highest BCUT2D eigenvalue weighted by Gasteiger charge is 2.40. The van der Waals surface area contributed by atoms with Gasteiger partial charge in [-0.05, 0) is 46.9 Å². The lowest BCUT2D eigenvalue weighted by molar-refractivity contribution is 0.0642. The molecule has 1 aliphatic rings. The molecule has 9 heteroatoms. The molecule has 2 heterocycles. The lowest BCUT2D eigenvalue weighted by Crippen LogP contribution is -2.29. The molecule has 0 atom stereocenters. The molecule has 0 unspecified atom stereocenters. The average Bonchev–Trinajstić information content (AvgIpc) is 3.05. The number of carbonyl (C=O) groups excluding carboxylic acids is 2. The van der Waals surface area contributed by atoms with Crippen molar-refractivity contribution in [2.75, 3.05) is 4.72 Å². The van der Waals surface area contributed by atoms with Gasteiger partial charge in [0.2, 0.25) is 0 Å². The fourth-order valence-electron chi connectivity index (χ4n) is 3.74. The maximum absolute atomic E-state index is 13.2. The number of amides is 2. The molecule has 2 aromatic carbocycles. The number of pyridine rings is 1. The summed E-state index contributed by atoms with van der Waals surface area (Å²) < 4.78 is 28.6. The Morgan fingerprint density at radius 1 is 1.00 bits per heavy atom. The van der Waals surface area contributed by atoms with Crippen LogP contribution < -0.4 is 4.72 Å². The lowest BCUT2D eigenvalue weighted by atomic mass is 9.87. The molecule has 0 saturated heterocycles. The summed E-state index contributed by atoms with van der Waals surface area (Å²) in [6.45, 7) is 6.02. The Bertz CT molecular complexity index is 1440. The smallest absolute Gasteiger partial charge is 0.264 e. The third-order valence-corrected chi connectivity index (χ3v) is 6.96. The standard InChI is InChI=1S/C25H22N4O4S/c1-25(2,3)18-7-9-19(10-8-18)34(32,33)28-20-11-6-17(13-26)21-22(20)24(31)29(23(21)30)15-16-5-4-12-27-14-16/h4-12,14,28H,15H2,1-3H3. The fourth-order valence-corrected chi connectivity index (χ4v) is 4.81. The number of carbonyl (C=O) groups is 2. The molecular weight excluding hydrogens is 452 g/mol. The van der Waals surface area contributed by atoms with Crippen LogP contribution in [0.15, 0.2) is 65.8 Å². The topological polar surface area (TPSA) is 120 Å². The van der Waals surface area contributed by atoms with Crippen LogP contribution in [0.5, 0.6) is 0 Å². The molecule has 34 heavy (non-hydrogen) atoms. The van der Waals surface area contributed by atoms with Gasteiger partial charge in [0, 0.05) is 12.4 Å². The zero-order chi connectivity index (χ0) is 24.7. The molecule has 172 valence electrons. The Balaban J connectivity index is 1.71. The monoisotopic (exact) mass is 474 g/mol. The van der Waals surface area contributed by atoms with Crippen molar-refractivity contribution in [2.24, 2.45) is 0 Å². The first-order valence-corrected chi connectivity index (χ1v) is 12.0. The molecule has 0 radical (unpaired) electrons. The molecule has 0 saturated carbocycles. The van der Waals surface area contributed by atoms with Crippen LogP contribution in [0.2, 0.25) is 0 Å². The van der Waals surface area contributed by atoms with E-state index in [1.54, 1.807) is 30.5 Å². The van der Waals surface area contributed by atoms with Crippen LogP contribution in [-0.2, 0) is 22.0 Å². The minimum Gasteiger partial charge on any atom is -0.279 e. The minimum atomic E-state index is -4.06. The molecule has 0 bridgehead atoms. The summed E-state index contributed by atoms with van der Waals surface area (Å²) in [5, 5.41) is 9.49. The largest absolute Gasteiger partial charge is 0.279 e. The molecule has 1 aromatic heterocycles. The van der Waals surface area contributed by atoms with E-state index in [2.05, 4.69) is 9.71 Å². The van der Waals surface area contributed by atoms with E-state index < -0.39 is 21.8 Å². The van der Waals surface area contributed by atoms with E-state index in [9.17, 15) is 23.3 Å². The van der Waals surface area contributed by atoms with Gasteiger partial charge >= 0.3 is 0 Å². The van der Waals surface area contributed by atoms with Gasteiger partial charge < -0.3 is 0 Å². The molecule has 1 N–H and O–H groups in total. The molecular formula is C25H22N4O4S. The van der Waals surface area contributed by atoms with Gasteiger partial charge in [-0.25, -0.2) is 8.42 Å². The van der Waals surface area contributed by atoms with Gasteiger partial charge in [-0.15, -0.1) is 0 Å². The van der Waals surface area contributed by atoms with Crippen molar-refractivity contribution in [2.45, 2.75) is 37.6 Å². The Morgan fingerprint density at radius 3 is 2.26 bits per heavy atom. The normalized spacial score (nSPS) is 13.5. The van der Waals surface area contributed by atoms with E-state index in [1.807, 2.05) is 26.8 Å². The second-order valence-corrected chi connectivity index (χ2v) is 10.6. The highest BCUT2D eigenvalue weighted by atomic mass is 32.2. The molecule has 2 amide bonds. The maximum atomic E-state index is 13.2. The van der Waals surface area contributed by atoms with Crippen LogP contribution in [0.3, 0.4) is 0 Å². The molecule has 0 spiro atoms. The van der Waals surface area contributed by atoms with Crippen molar-refractivity contribution in [3.8, 4) is 6.07 Å². The van der Waals surface area contributed by atoms with Crippen molar-refractivity contribution < 1.29 is 18.0 Å². The van der Waals surface area contributed by atoms with Gasteiger partial charge in [-0.3, -0.25) is 24.2 Å². The number of sulfonamides is 1. The Hall–Kier alpha value is -4.03. The summed E-state index contributed by atoms with van der Waals surface area (Å²) in [4.78, 5) is 31.3. The molecule has 1 aliphatic heterocycles. The first kappa shape index (κ1) is 23.1. The second-order valence-electron chi connectivity index (χ2n) is 8.96. The Labute approximate surface area is 197 Å². The second kappa shape index (κ2) is 8.39. The number of nitrogens with zero attached hydrogens (tertiary/aromatic N) is 3. The predicted octanol–water partition coefficient (Wildman–Crippen LogP) is 3.85. The fraction of sp³-hybridized carbons (Fsp3) is 0.200. The number of hydrogen-bond donors (Lipinski definition) is 1. The van der Waals surface area contributed by atoms with Crippen molar-refractivity contribution in [3.05, 3.63) is 88.7 Å². The van der Waals surface area contributed by atoms with Gasteiger partial charge in [0.05, 0.1) is 39.9 Å². The van der Waals surface area contributed by atoms with Gasteiger partial charge in [-0.2, -0.15) is 5.26 Å². The SMILES string of the molecule is CC(C)(C)c1ccc(S(=O)(=O)Nc2ccc(C#N)c3c2C(=O)N(Cc2cccnc2)C3=O)cc1. The lowest BCUT2D eigenvalue weighted by Gasteiger charge is -2.19. The van der Waals surface area contributed by atoms with E-state index in [0.717, 1.165) is 10.5 Å². The summed E-state index contributed by atoms with van der Waals surface area (Å²) in [6, 6.07) is 14.4. The summed E-state index contributed by atoms with van der Waals surface area (Å²) in [7, 11) is -4.06. The first-order valence-electron chi connectivity index (χ1n) is 10.5. The number of nitriles is 1. The molecule has 0 fully saturated rings. The van der Waals surface area contributed by atoms with E-state index >= 15 is 0 Å². The number of benzene rings is 2. The zero-order valence-corrected chi connectivity index (χ0v) is 19.7. The summed E-state index contributed by atoms with van der Waals surface area (Å²) in [6.07, 6.45) is 3.10. The van der Waals surface area contributed by atoms with Crippen molar-refractivity contribution in [3.63, 3.8) is 0 Å². The van der Waals surface area contributed by atoms with Crippen LogP contribution in [-0.4, -0.2) is 30.1 Å². The molecule has 3 aromatic rings. The van der Waals surface area contributed by atoms with Crippen molar-refractivity contribution in [1.29, 1.82) is 5.26 Å². The van der Waals surface area contributed by atoms with E-state index in [0.29, 0.717) is 5.56 Å². The minimum absolute atomic E-state index is 0.000449. The molecule has 8 nitrogen and oxygen atoms in total. The molecule has 4 rings (SSSR count). The van der Waals surface area contributed by atoms with E-state index in [4.69, 9.17) is 0 Å². The number of anilines is 1. The Kier molecular flexibility index (Phi) is 5.71. The van der Waals surface area contributed by atoms with Crippen LogP contribution in [0.1, 0.15) is 58.2 Å². The highest BCUT2D eigenvalue weighted by Crippen LogP contribution is 2.34. The highest BCUT2D eigenvalue weighted by molar-refractivity contribution is 7.92. The Morgan fingerprint density at radius 2 is 1.68 bits per heavy atom.